The molecule has 1 saturated heterocycles. The van der Waals surface area contributed by atoms with E-state index in [0.29, 0.717) is 12.5 Å². The topological polar surface area (TPSA) is 66.5 Å². The second kappa shape index (κ2) is 5.49. The van der Waals surface area contributed by atoms with E-state index in [1.165, 1.54) is 4.90 Å². The van der Waals surface area contributed by atoms with E-state index in [1.807, 2.05) is 0 Å². The zero-order valence-electron chi connectivity index (χ0n) is 11.8. The third-order valence-electron chi connectivity index (χ3n) is 3.95. The maximum absolute atomic E-state index is 13.6. The molecule has 0 bridgehead atoms. The van der Waals surface area contributed by atoms with Crippen LogP contribution in [0.15, 0.2) is 18.2 Å². The molecule has 1 unspecified atom stereocenters. The van der Waals surface area contributed by atoms with Crippen molar-refractivity contribution < 1.29 is 22.0 Å². The molecule has 0 aromatic heterocycles. The first-order valence-corrected chi connectivity index (χ1v) is 8.93. The van der Waals surface area contributed by atoms with Crippen LogP contribution < -0.4 is 5.32 Å². The Balaban J connectivity index is 1.76. The minimum atomic E-state index is -3.11. The Labute approximate surface area is 127 Å². The fourth-order valence-corrected chi connectivity index (χ4v) is 4.46. The van der Waals surface area contributed by atoms with Crippen LogP contribution in [0.25, 0.3) is 0 Å². The second-order valence-electron chi connectivity index (χ2n) is 5.75. The summed E-state index contributed by atoms with van der Waals surface area (Å²) in [4.78, 5) is 13.9. The lowest BCUT2D eigenvalue weighted by atomic mass is 10.2. The molecule has 2 aliphatic rings. The van der Waals surface area contributed by atoms with Crippen molar-refractivity contribution in [2.75, 3.05) is 16.8 Å². The lowest BCUT2D eigenvalue weighted by Crippen LogP contribution is -2.45. The summed E-state index contributed by atoms with van der Waals surface area (Å²) in [5, 5.41) is 2.41. The molecule has 8 heteroatoms. The van der Waals surface area contributed by atoms with Crippen molar-refractivity contribution in [1.82, 2.24) is 4.90 Å². The van der Waals surface area contributed by atoms with Crippen molar-refractivity contribution in [2.45, 2.75) is 31.3 Å². The Morgan fingerprint density at radius 3 is 2.45 bits per heavy atom. The van der Waals surface area contributed by atoms with Gasteiger partial charge < -0.3 is 10.2 Å². The Morgan fingerprint density at radius 2 is 1.91 bits per heavy atom. The second-order valence-corrected chi connectivity index (χ2v) is 7.98. The van der Waals surface area contributed by atoms with Crippen LogP contribution in [0, 0.1) is 11.6 Å². The zero-order chi connectivity index (χ0) is 15.9. The van der Waals surface area contributed by atoms with Gasteiger partial charge in [0.25, 0.3) is 0 Å². The molecule has 5 nitrogen and oxygen atoms in total. The predicted molar refractivity (Wildman–Crippen MR) is 77.3 cm³/mol. The fraction of sp³-hybridized carbons (Fsp3) is 0.500. The van der Waals surface area contributed by atoms with Gasteiger partial charge in [-0.05, 0) is 31.4 Å². The monoisotopic (exact) mass is 330 g/mol. The number of benzene rings is 1. The van der Waals surface area contributed by atoms with E-state index in [4.69, 9.17) is 0 Å². The lowest BCUT2D eigenvalue weighted by Gasteiger charge is -2.28. The summed E-state index contributed by atoms with van der Waals surface area (Å²) >= 11 is 0. The van der Waals surface area contributed by atoms with E-state index < -0.39 is 27.5 Å². The van der Waals surface area contributed by atoms with Crippen LogP contribution in [0.4, 0.5) is 19.3 Å². The predicted octanol–water partition coefficient (Wildman–Crippen LogP) is 2.15. The van der Waals surface area contributed by atoms with E-state index in [1.54, 1.807) is 0 Å². The molecule has 1 saturated carbocycles. The molecule has 0 radical (unpaired) electrons. The first-order valence-electron chi connectivity index (χ1n) is 7.10. The molecule has 1 aromatic rings. The summed E-state index contributed by atoms with van der Waals surface area (Å²) < 4.78 is 49.7. The fourth-order valence-electron chi connectivity index (χ4n) is 2.75. The largest absolute Gasteiger partial charge is 0.322 e. The lowest BCUT2D eigenvalue weighted by molar-refractivity contribution is 0.190. The molecule has 120 valence electrons. The minimum absolute atomic E-state index is 0.00168. The summed E-state index contributed by atoms with van der Waals surface area (Å²) in [6, 6.07) is 1.99. The highest BCUT2D eigenvalue weighted by atomic mass is 32.2. The summed E-state index contributed by atoms with van der Waals surface area (Å²) in [5.74, 6) is -1.57. The van der Waals surface area contributed by atoms with E-state index in [9.17, 15) is 22.0 Å². The molecule has 3 rings (SSSR count). The van der Waals surface area contributed by atoms with Gasteiger partial charge in [0.15, 0.2) is 9.84 Å². The Kier molecular flexibility index (Phi) is 3.80. The van der Waals surface area contributed by atoms with Gasteiger partial charge in [-0.15, -0.1) is 0 Å². The number of anilines is 1. The van der Waals surface area contributed by atoms with E-state index in [0.717, 1.165) is 25.0 Å². The molecule has 0 spiro atoms. The van der Waals surface area contributed by atoms with Crippen LogP contribution in [0.3, 0.4) is 0 Å². The van der Waals surface area contributed by atoms with Crippen LogP contribution in [-0.2, 0) is 9.84 Å². The third kappa shape index (κ3) is 3.21. The average molecular weight is 330 g/mol. The van der Waals surface area contributed by atoms with Gasteiger partial charge in [-0.1, -0.05) is 0 Å². The summed E-state index contributed by atoms with van der Waals surface area (Å²) in [6.45, 7) is 0. The van der Waals surface area contributed by atoms with Gasteiger partial charge in [-0.3, -0.25) is 0 Å². The highest BCUT2D eigenvalue weighted by Crippen LogP contribution is 2.33. The van der Waals surface area contributed by atoms with Gasteiger partial charge in [-0.2, -0.15) is 0 Å². The number of carbonyl (C=O) groups is 1. The number of carbonyl (C=O) groups excluding carboxylic acids is 1. The van der Waals surface area contributed by atoms with E-state index in [-0.39, 0.29) is 29.3 Å². The van der Waals surface area contributed by atoms with Crippen molar-refractivity contribution in [3.05, 3.63) is 29.8 Å². The van der Waals surface area contributed by atoms with Crippen LogP contribution in [0.2, 0.25) is 0 Å². The average Bonchev–Trinajstić information content (AvgIpc) is 3.18. The number of hydrogen-bond acceptors (Lipinski definition) is 3. The van der Waals surface area contributed by atoms with Crippen molar-refractivity contribution >= 4 is 21.6 Å². The summed E-state index contributed by atoms with van der Waals surface area (Å²) in [7, 11) is -3.11. The normalized spacial score (nSPS) is 23.3. The molecule has 1 heterocycles. The molecule has 1 aromatic carbocycles. The Morgan fingerprint density at radius 1 is 1.18 bits per heavy atom. The van der Waals surface area contributed by atoms with Crippen LogP contribution in [-0.4, -0.2) is 42.9 Å². The maximum atomic E-state index is 13.6. The van der Waals surface area contributed by atoms with Crippen molar-refractivity contribution in [3.63, 3.8) is 0 Å². The number of amides is 2. The van der Waals surface area contributed by atoms with Crippen molar-refractivity contribution in [3.8, 4) is 0 Å². The molecule has 1 N–H and O–H groups in total. The van der Waals surface area contributed by atoms with Gasteiger partial charge in [0.2, 0.25) is 0 Å². The number of halogens is 2. The first-order chi connectivity index (χ1) is 10.4. The van der Waals surface area contributed by atoms with E-state index >= 15 is 0 Å². The summed E-state index contributed by atoms with van der Waals surface area (Å²) in [6.07, 6.45) is 2.03. The number of hydrogen-bond donors (Lipinski definition) is 1. The third-order valence-corrected chi connectivity index (χ3v) is 5.70. The van der Waals surface area contributed by atoms with Gasteiger partial charge >= 0.3 is 6.03 Å². The number of rotatable bonds is 3. The smallest absolute Gasteiger partial charge is 0.318 e. The quantitative estimate of drug-likeness (QED) is 0.923. The van der Waals surface area contributed by atoms with Crippen LogP contribution in [0.5, 0.6) is 0 Å². The van der Waals surface area contributed by atoms with Crippen LogP contribution >= 0.6 is 0 Å². The number of urea groups is 1. The minimum Gasteiger partial charge on any atom is -0.318 e. The van der Waals surface area contributed by atoms with Gasteiger partial charge in [0.1, 0.15) is 11.6 Å². The summed E-state index contributed by atoms with van der Waals surface area (Å²) in [5.41, 5.74) is -0.113. The number of sulfone groups is 1. The molecule has 1 aliphatic heterocycles. The number of nitrogens with zero attached hydrogens (tertiary/aromatic N) is 1. The van der Waals surface area contributed by atoms with Crippen molar-refractivity contribution in [1.29, 1.82) is 0 Å². The van der Waals surface area contributed by atoms with E-state index in [2.05, 4.69) is 5.32 Å². The number of nitrogens with one attached hydrogen (secondary N) is 1. The molecule has 1 atom stereocenters. The molecule has 2 amide bonds. The highest BCUT2D eigenvalue weighted by Gasteiger charge is 2.42. The van der Waals surface area contributed by atoms with Gasteiger partial charge in [0.05, 0.1) is 17.2 Å². The Bertz CT molecular complexity index is 704. The SMILES string of the molecule is O=C(Nc1ccc(F)cc1F)N(C1CC1)C1CCS(=O)(=O)C1. The Hall–Kier alpha value is -1.70. The molecule has 2 fully saturated rings. The molecular weight excluding hydrogens is 314 g/mol. The van der Waals surface area contributed by atoms with Crippen molar-refractivity contribution in [2.24, 2.45) is 0 Å². The highest BCUT2D eigenvalue weighted by molar-refractivity contribution is 7.91. The molecule has 22 heavy (non-hydrogen) atoms. The van der Waals surface area contributed by atoms with Crippen LogP contribution in [0.1, 0.15) is 19.3 Å². The zero-order valence-corrected chi connectivity index (χ0v) is 12.6. The molecule has 1 aliphatic carbocycles. The van der Waals surface area contributed by atoms with Gasteiger partial charge in [-0.25, -0.2) is 22.0 Å². The van der Waals surface area contributed by atoms with Gasteiger partial charge in [0, 0.05) is 18.2 Å². The molecular formula is C14H16F2N2O3S. The first kappa shape index (κ1) is 15.2. The standard InChI is InChI=1S/C14H16F2N2O3S/c15-9-1-4-13(12(16)7-9)17-14(19)18(10-2-3-10)11-5-6-22(20,21)8-11/h1,4,7,10-11H,2-3,5-6,8H2,(H,17,19). The maximum Gasteiger partial charge on any atom is 0.322 e.